The van der Waals surface area contributed by atoms with E-state index < -0.39 is 0 Å². The van der Waals surface area contributed by atoms with Crippen LogP contribution in [-0.4, -0.2) is 28.5 Å². The number of thiazole rings is 1. The predicted molar refractivity (Wildman–Crippen MR) is 118 cm³/mol. The molecule has 1 N–H and O–H groups in total. The summed E-state index contributed by atoms with van der Waals surface area (Å²) in [6.07, 6.45) is 3.77. The van der Waals surface area contributed by atoms with Crippen molar-refractivity contribution in [3.05, 3.63) is 65.2 Å². The molecular weight excluding hydrogens is 414 g/mol. The van der Waals surface area contributed by atoms with Gasteiger partial charge in [-0.25, -0.2) is 4.98 Å². The lowest BCUT2D eigenvalue weighted by molar-refractivity contribution is -0.129. The maximum atomic E-state index is 12.8. The maximum Gasteiger partial charge on any atom is 0.231 e. The zero-order valence-electron chi connectivity index (χ0n) is 16.7. The lowest BCUT2D eigenvalue weighted by Gasteiger charge is -2.32. The molecule has 0 aliphatic carbocycles. The Bertz CT molecular complexity index is 1200. The molecule has 0 fully saturated rings. The van der Waals surface area contributed by atoms with E-state index in [1.165, 1.54) is 18.3 Å². The molecule has 8 heteroatoms. The van der Waals surface area contributed by atoms with Crippen molar-refractivity contribution in [2.24, 2.45) is 0 Å². The minimum Gasteiger partial charge on any atom is -0.454 e. The summed E-state index contributed by atoms with van der Waals surface area (Å²) in [6, 6.07) is 13.1. The summed E-state index contributed by atoms with van der Waals surface area (Å²) in [5.74, 6) is 1.09. The van der Waals surface area contributed by atoms with Crippen molar-refractivity contribution in [2.45, 2.75) is 19.4 Å². The van der Waals surface area contributed by atoms with E-state index in [9.17, 15) is 9.59 Å². The van der Waals surface area contributed by atoms with Gasteiger partial charge in [0.2, 0.25) is 18.6 Å². The molecule has 2 aliphatic rings. The first-order valence-corrected chi connectivity index (χ1v) is 10.7. The Balaban J connectivity index is 1.32. The smallest absolute Gasteiger partial charge is 0.231 e. The van der Waals surface area contributed by atoms with Gasteiger partial charge in [0, 0.05) is 24.1 Å². The molecule has 2 amide bonds. The van der Waals surface area contributed by atoms with Gasteiger partial charge in [-0.15, -0.1) is 11.3 Å². The Morgan fingerprint density at radius 1 is 1.19 bits per heavy atom. The fraction of sp³-hybridized carbons (Fsp3) is 0.174. The molecule has 3 aromatic rings. The van der Waals surface area contributed by atoms with Crippen LogP contribution in [0.4, 0.5) is 5.13 Å². The van der Waals surface area contributed by atoms with Gasteiger partial charge in [-0.05, 0) is 35.4 Å². The second-order valence-electron chi connectivity index (χ2n) is 7.24. The fourth-order valence-corrected chi connectivity index (χ4v) is 4.51. The van der Waals surface area contributed by atoms with Crippen molar-refractivity contribution >= 4 is 34.4 Å². The number of rotatable bonds is 4. The second kappa shape index (κ2) is 7.88. The average Bonchev–Trinajstić information content (AvgIpc) is 3.42. The number of ether oxygens (including phenoxy) is 2. The molecule has 2 aliphatic heterocycles. The van der Waals surface area contributed by atoms with Gasteiger partial charge in [0.05, 0.1) is 18.2 Å². The largest absolute Gasteiger partial charge is 0.454 e. The number of hydrogen-bond donors (Lipinski definition) is 1. The SMILES string of the molecule is CC(=O)N1C=Cc2ccccc2[C@@H]1CC(=O)Nc1nc(-c2ccc3c(c2)OCO3)cs1. The van der Waals surface area contributed by atoms with Crippen molar-refractivity contribution in [3.8, 4) is 22.8 Å². The number of carbonyl (C=O) groups is 2. The Hall–Kier alpha value is -3.65. The van der Waals surface area contributed by atoms with Gasteiger partial charge in [0.25, 0.3) is 0 Å². The van der Waals surface area contributed by atoms with Crippen LogP contribution in [0.3, 0.4) is 0 Å². The van der Waals surface area contributed by atoms with Crippen LogP contribution in [0.15, 0.2) is 54.0 Å². The van der Waals surface area contributed by atoms with Gasteiger partial charge < -0.3 is 19.7 Å². The molecule has 1 atom stereocenters. The molecule has 0 saturated heterocycles. The van der Waals surface area contributed by atoms with Gasteiger partial charge in [-0.1, -0.05) is 24.3 Å². The van der Waals surface area contributed by atoms with Crippen molar-refractivity contribution in [2.75, 3.05) is 12.1 Å². The fourth-order valence-electron chi connectivity index (χ4n) is 3.78. The third-order valence-electron chi connectivity index (χ3n) is 5.27. The van der Waals surface area contributed by atoms with E-state index in [-0.39, 0.29) is 31.1 Å². The molecule has 0 saturated carbocycles. The lowest BCUT2D eigenvalue weighted by atomic mass is 9.93. The van der Waals surface area contributed by atoms with Crippen LogP contribution in [-0.2, 0) is 9.59 Å². The number of amides is 2. The first kappa shape index (κ1) is 19.3. The molecular formula is C23H19N3O4S. The highest BCUT2D eigenvalue weighted by molar-refractivity contribution is 7.14. The molecule has 0 radical (unpaired) electrons. The molecule has 1 aromatic heterocycles. The summed E-state index contributed by atoms with van der Waals surface area (Å²) in [5.41, 5.74) is 3.60. The molecule has 0 bridgehead atoms. The van der Waals surface area contributed by atoms with Gasteiger partial charge in [0.1, 0.15) is 0 Å². The molecule has 7 nitrogen and oxygen atoms in total. The minimum atomic E-state index is -0.355. The molecule has 3 heterocycles. The number of carbonyl (C=O) groups excluding carboxylic acids is 2. The Kier molecular flexibility index (Phi) is 4.91. The number of hydrogen-bond acceptors (Lipinski definition) is 6. The van der Waals surface area contributed by atoms with E-state index in [0.717, 1.165) is 22.4 Å². The van der Waals surface area contributed by atoms with E-state index in [0.29, 0.717) is 16.6 Å². The summed E-state index contributed by atoms with van der Waals surface area (Å²) in [5, 5.41) is 5.26. The topological polar surface area (TPSA) is 80.8 Å². The van der Waals surface area contributed by atoms with Crippen LogP contribution in [0.2, 0.25) is 0 Å². The third kappa shape index (κ3) is 3.77. The standard InChI is InChI=1S/C23H19N3O4S/c1-14(27)26-9-8-15-4-2-3-5-17(15)19(26)11-22(28)25-23-24-18(12-31-23)16-6-7-20-21(10-16)30-13-29-20/h2-10,12,19H,11,13H2,1H3,(H,24,25,28)/t19-/m0/s1. The highest BCUT2D eigenvalue weighted by Gasteiger charge is 2.28. The second-order valence-corrected chi connectivity index (χ2v) is 8.10. The summed E-state index contributed by atoms with van der Waals surface area (Å²) < 4.78 is 10.8. The number of fused-ring (bicyclic) bond motifs is 2. The first-order chi connectivity index (χ1) is 15.1. The monoisotopic (exact) mass is 433 g/mol. The molecule has 0 unspecified atom stereocenters. The van der Waals surface area contributed by atoms with Crippen LogP contribution in [0.25, 0.3) is 17.3 Å². The van der Waals surface area contributed by atoms with Gasteiger partial charge in [-0.3, -0.25) is 9.59 Å². The first-order valence-electron chi connectivity index (χ1n) is 9.80. The number of benzene rings is 2. The van der Waals surface area contributed by atoms with Crippen LogP contribution in [0.5, 0.6) is 11.5 Å². The van der Waals surface area contributed by atoms with E-state index in [1.807, 2.05) is 53.9 Å². The van der Waals surface area contributed by atoms with E-state index >= 15 is 0 Å². The normalized spacial score (nSPS) is 16.2. The summed E-state index contributed by atoms with van der Waals surface area (Å²) in [7, 11) is 0. The van der Waals surface area contributed by atoms with Crippen LogP contribution in [0, 0.1) is 0 Å². The van der Waals surface area contributed by atoms with Crippen LogP contribution < -0.4 is 14.8 Å². The summed E-state index contributed by atoms with van der Waals surface area (Å²) >= 11 is 1.35. The third-order valence-corrected chi connectivity index (χ3v) is 6.02. The molecule has 5 rings (SSSR count). The highest BCUT2D eigenvalue weighted by atomic mass is 32.1. The van der Waals surface area contributed by atoms with Crippen molar-refractivity contribution in [3.63, 3.8) is 0 Å². The molecule has 0 spiro atoms. The summed E-state index contributed by atoms with van der Waals surface area (Å²) in [6.45, 7) is 1.72. The average molecular weight is 433 g/mol. The molecule has 31 heavy (non-hydrogen) atoms. The van der Waals surface area contributed by atoms with E-state index in [1.54, 1.807) is 11.1 Å². The van der Waals surface area contributed by atoms with Crippen LogP contribution in [0.1, 0.15) is 30.5 Å². The van der Waals surface area contributed by atoms with E-state index in [4.69, 9.17) is 9.47 Å². The van der Waals surface area contributed by atoms with Gasteiger partial charge in [-0.2, -0.15) is 0 Å². The maximum absolute atomic E-state index is 12.8. The number of nitrogens with one attached hydrogen (secondary N) is 1. The number of nitrogens with zero attached hydrogens (tertiary/aromatic N) is 2. The quantitative estimate of drug-likeness (QED) is 0.658. The zero-order chi connectivity index (χ0) is 21.4. The van der Waals surface area contributed by atoms with Crippen molar-refractivity contribution in [1.29, 1.82) is 0 Å². The highest BCUT2D eigenvalue weighted by Crippen LogP contribution is 2.37. The zero-order valence-corrected chi connectivity index (χ0v) is 17.5. The Morgan fingerprint density at radius 3 is 2.90 bits per heavy atom. The van der Waals surface area contributed by atoms with Crippen molar-refractivity contribution < 1.29 is 19.1 Å². The minimum absolute atomic E-state index is 0.108. The van der Waals surface area contributed by atoms with Gasteiger partial charge >= 0.3 is 0 Å². The van der Waals surface area contributed by atoms with Gasteiger partial charge in [0.15, 0.2) is 16.6 Å². The summed E-state index contributed by atoms with van der Waals surface area (Å²) in [4.78, 5) is 31.1. The van der Waals surface area contributed by atoms with Crippen LogP contribution >= 0.6 is 11.3 Å². The van der Waals surface area contributed by atoms with Crippen molar-refractivity contribution in [1.82, 2.24) is 9.88 Å². The Morgan fingerprint density at radius 2 is 2.03 bits per heavy atom. The lowest BCUT2D eigenvalue weighted by Crippen LogP contribution is -2.33. The predicted octanol–water partition coefficient (Wildman–Crippen LogP) is 4.44. The molecule has 156 valence electrons. The Labute approximate surface area is 182 Å². The van der Waals surface area contributed by atoms with E-state index in [2.05, 4.69) is 10.3 Å². The number of aromatic nitrogens is 1. The molecule has 2 aromatic carbocycles. The number of anilines is 1.